The Morgan fingerprint density at radius 3 is 2.73 bits per heavy atom. The molecule has 0 radical (unpaired) electrons. The highest BCUT2D eigenvalue weighted by molar-refractivity contribution is 5.71. The highest BCUT2D eigenvalue weighted by atomic mass is 19.3. The van der Waals surface area contributed by atoms with Gasteiger partial charge in [-0.25, -0.2) is 4.39 Å². The lowest BCUT2D eigenvalue weighted by atomic mass is 10.2. The van der Waals surface area contributed by atoms with E-state index in [1.165, 1.54) is 0 Å². The second-order valence-corrected chi connectivity index (χ2v) is 2.56. The van der Waals surface area contributed by atoms with E-state index in [4.69, 9.17) is 5.11 Å². The van der Waals surface area contributed by atoms with Crippen molar-refractivity contribution in [3.63, 3.8) is 0 Å². The summed E-state index contributed by atoms with van der Waals surface area (Å²) in [6.07, 6.45) is 1.00. The van der Waals surface area contributed by atoms with Crippen LogP contribution in [0.15, 0.2) is 12.4 Å². The predicted molar refractivity (Wildman–Crippen MR) is 42.2 cm³/mol. The van der Waals surface area contributed by atoms with Crippen molar-refractivity contribution in [1.29, 1.82) is 0 Å². The maximum Gasteiger partial charge on any atom is 0.387 e. The Bertz CT molecular complexity index is 370. The fourth-order valence-corrected chi connectivity index (χ4v) is 0.973. The van der Waals surface area contributed by atoms with Gasteiger partial charge in [-0.15, -0.1) is 0 Å². The molecule has 0 amide bonds. The van der Waals surface area contributed by atoms with E-state index < -0.39 is 30.6 Å². The number of carboxylic acid groups (broad SMARTS) is 1. The van der Waals surface area contributed by atoms with Crippen molar-refractivity contribution in [2.24, 2.45) is 0 Å². The van der Waals surface area contributed by atoms with E-state index in [2.05, 4.69) is 9.72 Å². The molecule has 0 unspecified atom stereocenters. The minimum Gasteiger partial charge on any atom is -0.481 e. The molecule has 0 aliphatic heterocycles. The Labute approximate surface area is 82.3 Å². The lowest BCUT2D eigenvalue weighted by Gasteiger charge is -2.09. The van der Waals surface area contributed by atoms with Gasteiger partial charge in [0, 0.05) is 11.8 Å². The molecular formula is C8H6F3NO3. The summed E-state index contributed by atoms with van der Waals surface area (Å²) in [4.78, 5) is 13.7. The Hall–Kier alpha value is -1.79. The van der Waals surface area contributed by atoms with Crippen LogP contribution < -0.4 is 4.74 Å². The average Bonchev–Trinajstić information content (AvgIpc) is 2.09. The molecule has 0 atom stereocenters. The summed E-state index contributed by atoms with van der Waals surface area (Å²) in [7, 11) is 0. The lowest BCUT2D eigenvalue weighted by Crippen LogP contribution is -2.09. The van der Waals surface area contributed by atoms with E-state index >= 15 is 0 Å². The Morgan fingerprint density at radius 2 is 2.20 bits per heavy atom. The Balaban J connectivity index is 3.02. The van der Waals surface area contributed by atoms with Crippen LogP contribution in [0.1, 0.15) is 5.56 Å². The van der Waals surface area contributed by atoms with E-state index in [1.807, 2.05) is 0 Å². The number of ether oxygens (including phenoxy) is 1. The molecule has 7 heteroatoms. The molecule has 4 nitrogen and oxygen atoms in total. The quantitative estimate of drug-likeness (QED) is 0.835. The minimum absolute atomic E-state index is 0.234. The molecule has 0 spiro atoms. The summed E-state index contributed by atoms with van der Waals surface area (Å²) >= 11 is 0. The smallest absolute Gasteiger partial charge is 0.387 e. The van der Waals surface area contributed by atoms with Crippen LogP contribution in [0.5, 0.6) is 5.75 Å². The molecule has 0 saturated carbocycles. The number of carboxylic acids is 1. The number of aromatic nitrogens is 1. The van der Waals surface area contributed by atoms with Gasteiger partial charge in [-0.2, -0.15) is 8.78 Å². The summed E-state index contributed by atoms with van der Waals surface area (Å²) in [5.41, 5.74) is -0.234. The maximum absolute atomic E-state index is 12.9. The third-order valence-corrected chi connectivity index (χ3v) is 1.48. The number of alkyl halides is 2. The van der Waals surface area contributed by atoms with Crippen molar-refractivity contribution in [2.75, 3.05) is 0 Å². The van der Waals surface area contributed by atoms with E-state index in [0.717, 1.165) is 6.20 Å². The van der Waals surface area contributed by atoms with Crippen molar-refractivity contribution in [2.45, 2.75) is 13.0 Å². The second kappa shape index (κ2) is 4.63. The average molecular weight is 221 g/mol. The number of carbonyl (C=O) groups is 1. The van der Waals surface area contributed by atoms with Crippen molar-refractivity contribution in [1.82, 2.24) is 4.98 Å². The first-order valence-electron chi connectivity index (χ1n) is 3.79. The zero-order valence-electron chi connectivity index (χ0n) is 7.28. The fraction of sp³-hybridized carbons (Fsp3) is 0.250. The molecule has 1 N–H and O–H groups in total. The van der Waals surface area contributed by atoms with Gasteiger partial charge in [0.05, 0.1) is 12.6 Å². The van der Waals surface area contributed by atoms with Gasteiger partial charge in [-0.3, -0.25) is 9.78 Å². The highest BCUT2D eigenvalue weighted by Crippen LogP contribution is 2.23. The van der Waals surface area contributed by atoms with Crippen LogP contribution in [-0.4, -0.2) is 22.7 Å². The molecule has 0 bridgehead atoms. The molecule has 0 aliphatic carbocycles. The van der Waals surface area contributed by atoms with Gasteiger partial charge in [-0.1, -0.05) is 0 Å². The third-order valence-electron chi connectivity index (χ3n) is 1.48. The fourth-order valence-electron chi connectivity index (χ4n) is 0.973. The number of hydrogen-bond donors (Lipinski definition) is 1. The molecule has 1 aromatic rings. The van der Waals surface area contributed by atoms with Crippen LogP contribution in [-0.2, 0) is 11.2 Å². The summed E-state index contributed by atoms with van der Waals surface area (Å²) < 4.78 is 40.5. The molecule has 0 aliphatic rings. The monoisotopic (exact) mass is 221 g/mol. The molecule has 15 heavy (non-hydrogen) atoms. The topological polar surface area (TPSA) is 59.4 Å². The molecule has 0 saturated heterocycles. The number of hydrogen-bond acceptors (Lipinski definition) is 3. The normalized spacial score (nSPS) is 10.4. The van der Waals surface area contributed by atoms with Gasteiger partial charge in [0.2, 0.25) is 0 Å². The zero-order valence-corrected chi connectivity index (χ0v) is 7.28. The molecule has 1 heterocycles. The summed E-state index contributed by atoms with van der Waals surface area (Å²) in [6, 6.07) is 0. The van der Waals surface area contributed by atoms with Crippen molar-refractivity contribution < 1.29 is 27.8 Å². The first-order valence-corrected chi connectivity index (χ1v) is 3.79. The standard InChI is InChI=1S/C8H6F3NO3/c9-5-3-12-2-4(1-6(13)14)7(5)15-8(10)11/h2-3,8H,1H2,(H,13,14). The summed E-state index contributed by atoms with van der Waals surface area (Å²) in [6.45, 7) is -3.21. The first kappa shape index (κ1) is 11.3. The van der Waals surface area contributed by atoms with Crippen LogP contribution in [0.25, 0.3) is 0 Å². The van der Waals surface area contributed by atoms with Crippen molar-refractivity contribution in [3.8, 4) is 5.75 Å². The predicted octanol–water partition coefficient (Wildman–Crippen LogP) is 1.45. The van der Waals surface area contributed by atoms with Gasteiger partial charge in [0.25, 0.3) is 0 Å². The molecule has 1 rings (SSSR count). The van der Waals surface area contributed by atoms with Gasteiger partial charge >= 0.3 is 12.6 Å². The van der Waals surface area contributed by atoms with Crippen molar-refractivity contribution >= 4 is 5.97 Å². The summed E-state index contributed by atoms with van der Waals surface area (Å²) in [5.74, 6) is -3.18. The minimum atomic E-state index is -3.21. The third kappa shape index (κ3) is 3.12. The van der Waals surface area contributed by atoms with E-state index in [1.54, 1.807) is 0 Å². The molecule has 1 aromatic heterocycles. The second-order valence-electron chi connectivity index (χ2n) is 2.56. The van der Waals surface area contributed by atoms with Crippen LogP contribution in [0.4, 0.5) is 13.2 Å². The Morgan fingerprint density at radius 1 is 1.53 bits per heavy atom. The van der Waals surface area contributed by atoms with Gasteiger partial charge in [0.1, 0.15) is 0 Å². The number of aliphatic carboxylic acids is 1. The molecule has 0 aromatic carbocycles. The van der Waals surface area contributed by atoms with E-state index in [-0.39, 0.29) is 5.56 Å². The van der Waals surface area contributed by atoms with Crippen LogP contribution >= 0.6 is 0 Å². The zero-order chi connectivity index (χ0) is 11.4. The first-order chi connectivity index (χ1) is 7.00. The van der Waals surface area contributed by atoms with Crippen LogP contribution in [0.2, 0.25) is 0 Å². The number of halogens is 3. The number of pyridine rings is 1. The largest absolute Gasteiger partial charge is 0.481 e. The lowest BCUT2D eigenvalue weighted by molar-refractivity contribution is -0.136. The van der Waals surface area contributed by atoms with Crippen LogP contribution in [0, 0.1) is 5.82 Å². The van der Waals surface area contributed by atoms with E-state index in [0.29, 0.717) is 6.20 Å². The molecular weight excluding hydrogens is 215 g/mol. The molecule has 82 valence electrons. The van der Waals surface area contributed by atoms with Gasteiger partial charge in [-0.05, 0) is 0 Å². The number of rotatable bonds is 4. The van der Waals surface area contributed by atoms with E-state index in [9.17, 15) is 18.0 Å². The van der Waals surface area contributed by atoms with Crippen molar-refractivity contribution in [3.05, 3.63) is 23.8 Å². The number of nitrogens with zero attached hydrogens (tertiary/aromatic N) is 1. The van der Waals surface area contributed by atoms with Gasteiger partial charge in [0.15, 0.2) is 11.6 Å². The maximum atomic E-state index is 12.9. The molecule has 0 fully saturated rings. The SMILES string of the molecule is O=C(O)Cc1cncc(F)c1OC(F)F. The highest BCUT2D eigenvalue weighted by Gasteiger charge is 2.17. The van der Waals surface area contributed by atoms with Crippen LogP contribution in [0.3, 0.4) is 0 Å². The summed E-state index contributed by atoms with van der Waals surface area (Å²) in [5, 5.41) is 8.42. The van der Waals surface area contributed by atoms with Gasteiger partial charge < -0.3 is 9.84 Å². The Kier molecular flexibility index (Phi) is 3.48.